The van der Waals surface area contributed by atoms with Crippen molar-refractivity contribution in [2.75, 3.05) is 0 Å². The van der Waals surface area contributed by atoms with E-state index in [1.54, 1.807) is 0 Å². The molecule has 0 unspecified atom stereocenters. The Labute approximate surface area is 143 Å². The number of hydrogen-bond acceptors (Lipinski definition) is 1. The van der Waals surface area contributed by atoms with E-state index in [0.29, 0.717) is 18.0 Å². The van der Waals surface area contributed by atoms with Crippen LogP contribution < -0.4 is 5.32 Å². The minimum Gasteiger partial charge on any atom is -0.361 e. The molecule has 2 amide bonds. The summed E-state index contributed by atoms with van der Waals surface area (Å²) in [5, 5.41) is 4.55. The number of carbonyl (C=O) groups excluding carboxylic acids is 1. The molecule has 2 aromatic rings. The van der Waals surface area contributed by atoms with Gasteiger partial charge in [-0.15, -0.1) is 0 Å². The number of benzene rings is 1. The van der Waals surface area contributed by atoms with Gasteiger partial charge in [0.2, 0.25) is 0 Å². The van der Waals surface area contributed by atoms with Crippen LogP contribution >= 0.6 is 0 Å². The van der Waals surface area contributed by atoms with Crippen LogP contribution in [-0.2, 0) is 6.42 Å². The van der Waals surface area contributed by atoms with E-state index >= 15 is 0 Å². The zero-order valence-electron chi connectivity index (χ0n) is 14.6. The normalized spacial score (nSPS) is 26.9. The van der Waals surface area contributed by atoms with Gasteiger partial charge in [-0.05, 0) is 49.7 Å². The zero-order valence-corrected chi connectivity index (χ0v) is 14.6. The van der Waals surface area contributed by atoms with Gasteiger partial charge < -0.3 is 15.2 Å². The summed E-state index contributed by atoms with van der Waals surface area (Å²) < 4.78 is 0. The number of aromatic amines is 1. The number of carbonyl (C=O) groups is 1. The van der Waals surface area contributed by atoms with Gasteiger partial charge in [-0.25, -0.2) is 4.79 Å². The Bertz CT molecular complexity index is 735. The molecule has 1 aromatic carbocycles. The average molecular weight is 325 g/mol. The maximum Gasteiger partial charge on any atom is 0.318 e. The second-order valence-corrected chi connectivity index (χ2v) is 7.81. The Hall–Kier alpha value is -1.97. The lowest BCUT2D eigenvalue weighted by Crippen LogP contribution is -2.48. The number of nitrogens with zero attached hydrogens (tertiary/aromatic N) is 1. The number of rotatable bonds is 4. The molecule has 0 aliphatic carbocycles. The van der Waals surface area contributed by atoms with Crippen molar-refractivity contribution in [3.05, 3.63) is 36.0 Å². The second-order valence-electron chi connectivity index (χ2n) is 7.81. The first kappa shape index (κ1) is 15.6. The van der Waals surface area contributed by atoms with Crippen LogP contribution in [0, 0.1) is 5.92 Å². The van der Waals surface area contributed by atoms with Gasteiger partial charge >= 0.3 is 6.03 Å². The van der Waals surface area contributed by atoms with Crippen LogP contribution in [0.2, 0.25) is 0 Å². The predicted molar refractivity (Wildman–Crippen MR) is 97.0 cm³/mol. The number of H-pyrrole nitrogens is 1. The van der Waals surface area contributed by atoms with E-state index in [-0.39, 0.29) is 12.1 Å². The molecule has 4 nitrogen and oxygen atoms in total. The second kappa shape index (κ2) is 6.15. The van der Waals surface area contributed by atoms with Crippen LogP contribution in [0.4, 0.5) is 4.79 Å². The third-order valence-electron chi connectivity index (χ3n) is 5.65. The van der Waals surface area contributed by atoms with Crippen LogP contribution in [0.15, 0.2) is 30.5 Å². The fourth-order valence-corrected chi connectivity index (χ4v) is 4.65. The molecule has 2 N–H and O–H groups in total. The topological polar surface area (TPSA) is 48.1 Å². The molecule has 4 heteroatoms. The molecule has 4 rings (SSSR count). The van der Waals surface area contributed by atoms with E-state index < -0.39 is 0 Å². The molecule has 2 aliphatic rings. The fourth-order valence-electron chi connectivity index (χ4n) is 4.65. The summed E-state index contributed by atoms with van der Waals surface area (Å²) in [6.45, 7) is 4.50. The van der Waals surface area contributed by atoms with Crippen LogP contribution in [-0.4, -0.2) is 34.0 Å². The molecule has 0 spiro atoms. The number of hydrogen-bond donors (Lipinski definition) is 2. The first-order chi connectivity index (χ1) is 11.6. The standard InChI is InChI=1S/C20H27N3O/c1-13(2)10-15-6-5-9-19-18(22-20(24)23(15)19)11-14-12-21-17-8-4-3-7-16(14)17/h3-4,7-8,12-13,15,18-19,21H,5-6,9-11H2,1-2H3,(H,22,24)/t15-,18-,19+/m1/s1. The van der Waals surface area contributed by atoms with E-state index in [9.17, 15) is 4.79 Å². The van der Waals surface area contributed by atoms with Crippen molar-refractivity contribution < 1.29 is 4.79 Å². The molecule has 3 heterocycles. The van der Waals surface area contributed by atoms with Crippen molar-refractivity contribution in [1.29, 1.82) is 0 Å². The minimum absolute atomic E-state index is 0.148. The molecule has 0 radical (unpaired) electrons. The van der Waals surface area contributed by atoms with Crippen molar-refractivity contribution in [2.45, 2.75) is 64.1 Å². The summed E-state index contributed by atoms with van der Waals surface area (Å²) in [6, 6.07) is 9.55. The summed E-state index contributed by atoms with van der Waals surface area (Å²) in [6.07, 6.45) is 7.64. The molecule has 0 bridgehead atoms. The lowest BCUT2D eigenvalue weighted by Gasteiger charge is -2.39. The number of urea groups is 1. The SMILES string of the molecule is CC(C)C[C@H]1CCC[C@H]2[C@@H](Cc3c[nH]c4ccccc34)NC(=O)N12. The molecule has 3 atom stereocenters. The van der Waals surface area contributed by atoms with Gasteiger partial charge in [0, 0.05) is 23.1 Å². The summed E-state index contributed by atoms with van der Waals surface area (Å²) in [7, 11) is 0. The highest BCUT2D eigenvalue weighted by Crippen LogP contribution is 2.34. The Morgan fingerprint density at radius 2 is 2.08 bits per heavy atom. The third-order valence-corrected chi connectivity index (χ3v) is 5.65. The van der Waals surface area contributed by atoms with Crippen LogP contribution in [0.3, 0.4) is 0 Å². The molecule has 24 heavy (non-hydrogen) atoms. The van der Waals surface area contributed by atoms with Crippen molar-refractivity contribution in [3.63, 3.8) is 0 Å². The molecule has 1 aromatic heterocycles. The average Bonchev–Trinajstić information content (AvgIpc) is 3.10. The number of aromatic nitrogens is 1. The first-order valence-electron chi connectivity index (χ1n) is 9.27. The van der Waals surface area contributed by atoms with E-state index in [4.69, 9.17) is 0 Å². The minimum atomic E-state index is 0.148. The highest BCUT2D eigenvalue weighted by Gasteiger charge is 2.44. The lowest BCUT2D eigenvalue weighted by molar-refractivity contribution is 0.119. The van der Waals surface area contributed by atoms with E-state index in [1.165, 1.54) is 22.9 Å². The summed E-state index contributed by atoms with van der Waals surface area (Å²) in [5.74, 6) is 0.634. The zero-order chi connectivity index (χ0) is 16.7. The van der Waals surface area contributed by atoms with Crippen molar-refractivity contribution in [3.8, 4) is 0 Å². The predicted octanol–water partition coefficient (Wildman–Crippen LogP) is 4.07. The Morgan fingerprint density at radius 1 is 1.25 bits per heavy atom. The van der Waals surface area contributed by atoms with Gasteiger partial charge in [-0.2, -0.15) is 0 Å². The summed E-state index contributed by atoms with van der Waals surface area (Å²) in [4.78, 5) is 18.1. The molecule has 2 saturated heterocycles. The fraction of sp³-hybridized carbons (Fsp3) is 0.550. The Kier molecular flexibility index (Phi) is 3.99. The Balaban J connectivity index is 1.55. The summed E-state index contributed by atoms with van der Waals surface area (Å²) in [5.41, 5.74) is 2.48. The largest absolute Gasteiger partial charge is 0.361 e. The maximum absolute atomic E-state index is 12.6. The van der Waals surface area contributed by atoms with Gasteiger partial charge in [0.15, 0.2) is 0 Å². The van der Waals surface area contributed by atoms with Crippen LogP contribution in [0.5, 0.6) is 0 Å². The van der Waals surface area contributed by atoms with E-state index in [1.807, 2.05) is 0 Å². The van der Waals surface area contributed by atoms with E-state index in [2.05, 4.69) is 59.5 Å². The van der Waals surface area contributed by atoms with Crippen molar-refractivity contribution >= 4 is 16.9 Å². The van der Waals surface area contributed by atoms with Gasteiger partial charge in [0.05, 0.1) is 12.1 Å². The monoisotopic (exact) mass is 325 g/mol. The van der Waals surface area contributed by atoms with Crippen molar-refractivity contribution in [1.82, 2.24) is 15.2 Å². The molecule has 2 fully saturated rings. The number of piperidine rings is 1. The molecule has 2 aliphatic heterocycles. The van der Waals surface area contributed by atoms with Gasteiger partial charge in [-0.3, -0.25) is 0 Å². The maximum atomic E-state index is 12.6. The lowest BCUT2D eigenvalue weighted by atomic mass is 9.87. The third kappa shape index (κ3) is 2.68. The number of para-hydroxylation sites is 1. The van der Waals surface area contributed by atoms with Gasteiger partial charge in [0.1, 0.15) is 0 Å². The molecule has 0 saturated carbocycles. The van der Waals surface area contributed by atoms with Gasteiger partial charge in [-0.1, -0.05) is 32.0 Å². The number of amides is 2. The highest BCUT2D eigenvalue weighted by atomic mass is 16.2. The smallest absolute Gasteiger partial charge is 0.318 e. The van der Waals surface area contributed by atoms with Gasteiger partial charge in [0.25, 0.3) is 0 Å². The molecular formula is C20H27N3O. The highest BCUT2D eigenvalue weighted by molar-refractivity contribution is 5.83. The quantitative estimate of drug-likeness (QED) is 0.874. The summed E-state index contributed by atoms with van der Waals surface area (Å²) >= 11 is 0. The van der Waals surface area contributed by atoms with Crippen molar-refractivity contribution in [2.24, 2.45) is 5.92 Å². The Morgan fingerprint density at radius 3 is 2.92 bits per heavy atom. The first-order valence-corrected chi connectivity index (χ1v) is 9.27. The van der Waals surface area contributed by atoms with Crippen LogP contribution in [0.1, 0.15) is 45.1 Å². The number of fused-ring (bicyclic) bond motifs is 2. The molecular weight excluding hydrogens is 298 g/mol. The molecule has 128 valence electrons. The van der Waals surface area contributed by atoms with E-state index in [0.717, 1.165) is 25.7 Å². The van der Waals surface area contributed by atoms with Crippen LogP contribution in [0.25, 0.3) is 10.9 Å². The number of nitrogens with one attached hydrogen (secondary N) is 2.